The van der Waals surface area contributed by atoms with Crippen molar-refractivity contribution in [3.63, 3.8) is 0 Å². The Kier molecular flexibility index (Phi) is 7.18. The number of hydrogen-bond donors (Lipinski definition) is 1. The summed E-state index contributed by atoms with van der Waals surface area (Å²) in [6.07, 6.45) is 1.33. The lowest BCUT2D eigenvalue weighted by Gasteiger charge is -2.31. The first-order valence-electron chi connectivity index (χ1n) is 10.9. The highest BCUT2D eigenvalue weighted by Crippen LogP contribution is 2.27. The van der Waals surface area contributed by atoms with Gasteiger partial charge in [0.25, 0.3) is 0 Å². The summed E-state index contributed by atoms with van der Waals surface area (Å²) in [5, 5.41) is 12.4. The number of aliphatic hydroxyl groups is 1. The number of nitrogens with zero attached hydrogens (tertiary/aromatic N) is 4. The second kappa shape index (κ2) is 10.1. The standard InChI is InChI=1S/C23H27FN4O4S/c1-3-20(29)18-13-33-23(25-18)22(31)17-11-28(19-10-15(24)4-5-16(17)19)14-32-21(30)12-27-8-6-26(2)7-9-27/h4-5,10-11,13,20,29H,3,6-9,12,14H2,1-2H3/t20-/m1/s1. The smallest absolute Gasteiger partial charge is 0.321 e. The molecule has 0 radical (unpaired) electrons. The van der Waals surface area contributed by atoms with Crippen LogP contribution < -0.4 is 0 Å². The van der Waals surface area contributed by atoms with E-state index in [1.54, 1.807) is 16.1 Å². The molecule has 0 bridgehead atoms. The Balaban J connectivity index is 1.52. The normalized spacial score (nSPS) is 16.2. The second-order valence-corrected chi connectivity index (χ2v) is 9.09. The van der Waals surface area contributed by atoms with Crippen LogP contribution in [0, 0.1) is 5.82 Å². The molecule has 1 aliphatic rings. The van der Waals surface area contributed by atoms with Crippen LogP contribution in [0.4, 0.5) is 4.39 Å². The summed E-state index contributed by atoms with van der Waals surface area (Å²) < 4.78 is 21.0. The number of esters is 1. The fourth-order valence-corrected chi connectivity index (χ4v) is 4.61. The highest BCUT2D eigenvalue weighted by atomic mass is 32.1. The van der Waals surface area contributed by atoms with Gasteiger partial charge in [0.2, 0.25) is 5.78 Å². The molecule has 8 nitrogen and oxygen atoms in total. The van der Waals surface area contributed by atoms with Crippen LogP contribution >= 0.6 is 11.3 Å². The van der Waals surface area contributed by atoms with Gasteiger partial charge in [0.15, 0.2) is 11.7 Å². The molecular formula is C23H27FN4O4S. The molecule has 10 heteroatoms. The lowest BCUT2D eigenvalue weighted by Crippen LogP contribution is -2.46. The molecule has 4 rings (SSSR count). The number of aromatic nitrogens is 2. The van der Waals surface area contributed by atoms with Crippen molar-refractivity contribution in [2.45, 2.75) is 26.2 Å². The fraction of sp³-hybridized carbons (Fsp3) is 0.435. The van der Waals surface area contributed by atoms with Gasteiger partial charge in [0, 0.05) is 43.1 Å². The third-order valence-corrected chi connectivity index (χ3v) is 6.71. The van der Waals surface area contributed by atoms with Crippen molar-refractivity contribution in [2.75, 3.05) is 39.8 Å². The number of ketones is 1. The van der Waals surface area contributed by atoms with Crippen LogP contribution in [-0.4, -0.2) is 76.0 Å². The molecule has 1 aliphatic heterocycles. The number of ether oxygens (including phenoxy) is 1. The fourth-order valence-electron chi connectivity index (χ4n) is 3.80. The molecule has 176 valence electrons. The van der Waals surface area contributed by atoms with E-state index in [0.29, 0.717) is 28.6 Å². The number of thiazole rings is 1. The minimum absolute atomic E-state index is 0.128. The Bertz CT molecular complexity index is 1150. The van der Waals surface area contributed by atoms with Gasteiger partial charge in [-0.3, -0.25) is 14.5 Å². The molecular weight excluding hydrogens is 447 g/mol. The topological polar surface area (TPSA) is 87.9 Å². The van der Waals surface area contributed by atoms with Gasteiger partial charge in [0.1, 0.15) is 5.82 Å². The van der Waals surface area contributed by atoms with Crippen molar-refractivity contribution in [2.24, 2.45) is 0 Å². The predicted molar refractivity (Wildman–Crippen MR) is 123 cm³/mol. The van der Waals surface area contributed by atoms with E-state index in [1.807, 2.05) is 18.9 Å². The third kappa shape index (κ3) is 5.30. The molecule has 0 amide bonds. The molecule has 1 fully saturated rings. The summed E-state index contributed by atoms with van der Waals surface area (Å²) in [6.45, 7) is 5.28. The van der Waals surface area contributed by atoms with Crippen LogP contribution in [0.2, 0.25) is 0 Å². The van der Waals surface area contributed by atoms with E-state index >= 15 is 0 Å². The maximum Gasteiger partial charge on any atom is 0.321 e. The van der Waals surface area contributed by atoms with Crippen LogP contribution in [0.15, 0.2) is 29.8 Å². The van der Waals surface area contributed by atoms with Gasteiger partial charge in [-0.05, 0) is 31.7 Å². The zero-order chi connectivity index (χ0) is 23.5. The van der Waals surface area contributed by atoms with Crippen molar-refractivity contribution in [3.8, 4) is 0 Å². The van der Waals surface area contributed by atoms with E-state index in [-0.39, 0.29) is 30.0 Å². The van der Waals surface area contributed by atoms with Gasteiger partial charge in [-0.15, -0.1) is 11.3 Å². The average molecular weight is 475 g/mol. The Morgan fingerprint density at radius 1 is 1.27 bits per heavy atom. The van der Waals surface area contributed by atoms with E-state index in [0.717, 1.165) is 37.5 Å². The van der Waals surface area contributed by atoms with Crippen molar-refractivity contribution in [1.82, 2.24) is 19.4 Å². The van der Waals surface area contributed by atoms with Gasteiger partial charge in [0.05, 0.1) is 29.4 Å². The molecule has 0 aliphatic carbocycles. The number of carbonyl (C=O) groups excluding carboxylic acids is 2. The zero-order valence-electron chi connectivity index (χ0n) is 18.7. The molecule has 33 heavy (non-hydrogen) atoms. The second-order valence-electron chi connectivity index (χ2n) is 8.23. The highest BCUT2D eigenvalue weighted by molar-refractivity contribution is 7.12. The molecule has 2 aromatic heterocycles. The van der Waals surface area contributed by atoms with Crippen LogP contribution in [0.25, 0.3) is 10.9 Å². The van der Waals surface area contributed by atoms with Gasteiger partial charge in [-0.2, -0.15) is 0 Å². The molecule has 1 saturated heterocycles. The number of hydrogen-bond acceptors (Lipinski definition) is 8. The van der Waals surface area contributed by atoms with Gasteiger partial charge < -0.3 is 19.3 Å². The van der Waals surface area contributed by atoms with Crippen LogP contribution in [0.5, 0.6) is 0 Å². The Morgan fingerprint density at radius 2 is 2.03 bits per heavy atom. The first-order valence-corrected chi connectivity index (χ1v) is 11.8. The number of aliphatic hydroxyl groups excluding tert-OH is 1. The van der Waals surface area contributed by atoms with E-state index in [4.69, 9.17) is 4.74 Å². The highest BCUT2D eigenvalue weighted by Gasteiger charge is 2.22. The SMILES string of the molecule is CC[C@@H](O)c1csc(C(=O)c2cn(COC(=O)CN3CCN(C)CC3)c3cc(F)ccc23)n1. The predicted octanol–water partition coefficient (Wildman–Crippen LogP) is 2.66. The molecule has 3 heterocycles. The van der Waals surface area contributed by atoms with Crippen molar-refractivity contribution in [1.29, 1.82) is 0 Å². The number of halogens is 1. The number of carbonyl (C=O) groups is 2. The summed E-state index contributed by atoms with van der Waals surface area (Å²) in [5.41, 5.74) is 1.25. The molecule has 1 atom stereocenters. The molecule has 0 unspecified atom stereocenters. The first-order chi connectivity index (χ1) is 15.9. The van der Waals surface area contributed by atoms with Crippen molar-refractivity contribution < 1.29 is 23.8 Å². The van der Waals surface area contributed by atoms with Gasteiger partial charge in [-0.1, -0.05) is 6.92 Å². The first kappa shape index (κ1) is 23.5. The minimum atomic E-state index is -0.724. The maximum atomic E-state index is 14.0. The molecule has 1 aromatic carbocycles. The van der Waals surface area contributed by atoms with E-state index < -0.39 is 11.9 Å². The largest absolute Gasteiger partial charge is 0.443 e. The quantitative estimate of drug-likeness (QED) is 0.397. The monoisotopic (exact) mass is 474 g/mol. The Hall–Kier alpha value is -2.66. The van der Waals surface area contributed by atoms with Crippen LogP contribution in [0.3, 0.4) is 0 Å². The number of fused-ring (bicyclic) bond motifs is 1. The number of piperazine rings is 1. The number of rotatable bonds is 8. The van der Waals surface area contributed by atoms with E-state index in [1.165, 1.54) is 18.2 Å². The lowest BCUT2D eigenvalue weighted by atomic mass is 10.1. The minimum Gasteiger partial charge on any atom is -0.443 e. The van der Waals surface area contributed by atoms with Crippen LogP contribution in [-0.2, 0) is 16.3 Å². The number of likely N-dealkylation sites (N-methyl/N-ethyl adjacent to an activating group) is 1. The molecule has 0 saturated carbocycles. The Labute approximate surface area is 195 Å². The summed E-state index contributed by atoms with van der Waals surface area (Å²) in [7, 11) is 2.04. The van der Waals surface area contributed by atoms with Crippen LogP contribution in [0.1, 0.15) is 40.5 Å². The van der Waals surface area contributed by atoms with Crippen molar-refractivity contribution in [3.05, 3.63) is 51.9 Å². The van der Waals surface area contributed by atoms with Crippen molar-refractivity contribution >= 4 is 34.0 Å². The summed E-state index contributed by atoms with van der Waals surface area (Å²) >= 11 is 1.16. The maximum absolute atomic E-state index is 14.0. The third-order valence-electron chi connectivity index (χ3n) is 5.85. The number of benzene rings is 1. The lowest BCUT2D eigenvalue weighted by molar-refractivity contribution is -0.149. The van der Waals surface area contributed by atoms with Gasteiger partial charge >= 0.3 is 5.97 Å². The summed E-state index contributed by atoms with van der Waals surface area (Å²) in [6, 6.07) is 4.14. The average Bonchev–Trinajstić information content (AvgIpc) is 3.43. The van der Waals surface area contributed by atoms with Gasteiger partial charge in [-0.25, -0.2) is 9.37 Å². The molecule has 0 spiro atoms. The summed E-state index contributed by atoms with van der Waals surface area (Å²) in [5.74, 6) is -1.15. The molecule has 3 aromatic rings. The van der Waals surface area contributed by atoms with E-state index in [2.05, 4.69) is 9.88 Å². The molecule has 1 N–H and O–H groups in total. The Morgan fingerprint density at radius 3 is 2.76 bits per heavy atom. The van der Waals surface area contributed by atoms with E-state index in [9.17, 15) is 19.1 Å². The summed E-state index contributed by atoms with van der Waals surface area (Å²) in [4.78, 5) is 34.0. The zero-order valence-corrected chi connectivity index (χ0v) is 19.5.